The molecule has 100 valence electrons. The Kier molecular flexibility index (Phi) is 4.92. The summed E-state index contributed by atoms with van der Waals surface area (Å²) in [7, 11) is 4.19. The Morgan fingerprint density at radius 3 is 3.00 bits per heavy atom. The van der Waals surface area contributed by atoms with Gasteiger partial charge in [0.15, 0.2) is 5.78 Å². The first-order chi connectivity index (χ1) is 8.66. The third kappa shape index (κ3) is 3.64. The van der Waals surface area contributed by atoms with Gasteiger partial charge in [-0.25, -0.2) is 0 Å². The number of hydrogen-bond donors (Lipinski definition) is 0. The second-order valence-electron chi connectivity index (χ2n) is 5.16. The van der Waals surface area contributed by atoms with Gasteiger partial charge in [-0.1, -0.05) is 6.07 Å². The van der Waals surface area contributed by atoms with E-state index in [0.29, 0.717) is 12.2 Å². The fraction of sp³-hybridized carbons (Fsp3) is 0.643. The molecule has 1 aliphatic rings. The first kappa shape index (κ1) is 13.7. The summed E-state index contributed by atoms with van der Waals surface area (Å²) in [6, 6.07) is 4.24. The molecule has 0 radical (unpaired) electrons. The molecule has 4 heteroatoms. The van der Waals surface area contributed by atoms with Gasteiger partial charge in [0.05, 0.1) is 6.04 Å². The van der Waals surface area contributed by atoms with Crippen molar-refractivity contribution in [3.05, 3.63) is 22.4 Å². The number of nitrogens with zero attached hydrogens (tertiary/aromatic N) is 2. The molecular formula is C14H22N2OS. The molecule has 0 aromatic carbocycles. The Balaban J connectivity index is 1.89. The molecule has 1 aromatic heterocycles. The van der Waals surface area contributed by atoms with Crippen molar-refractivity contribution in [2.45, 2.75) is 25.3 Å². The SMILES string of the molecule is CN1CCCN(C)C(C(=O)CCc2cccs2)C1. The van der Waals surface area contributed by atoms with E-state index in [1.807, 2.05) is 0 Å². The van der Waals surface area contributed by atoms with Gasteiger partial charge >= 0.3 is 0 Å². The fourth-order valence-corrected chi connectivity index (χ4v) is 3.20. The highest BCUT2D eigenvalue weighted by atomic mass is 32.1. The van der Waals surface area contributed by atoms with E-state index in [4.69, 9.17) is 0 Å². The van der Waals surface area contributed by atoms with Crippen molar-refractivity contribution in [1.29, 1.82) is 0 Å². The number of likely N-dealkylation sites (N-methyl/N-ethyl adjacent to an activating group) is 2. The maximum Gasteiger partial charge on any atom is 0.151 e. The van der Waals surface area contributed by atoms with Crippen molar-refractivity contribution in [1.82, 2.24) is 9.80 Å². The van der Waals surface area contributed by atoms with Crippen molar-refractivity contribution >= 4 is 17.1 Å². The van der Waals surface area contributed by atoms with Gasteiger partial charge in [0.1, 0.15) is 0 Å². The summed E-state index contributed by atoms with van der Waals surface area (Å²) in [6.07, 6.45) is 2.72. The van der Waals surface area contributed by atoms with Crippen molar-refractivity contribution in [2.24, 2.45) is 0 Å². The molecule has 1 unspecified atom stereocenters. The molecule has 1 atom stereocenters. The van der Waals surface area contributed by atoms with Crippen LogP contribution in [0.5, 0.6) is 0 Å². The third-order valence-electron chi connectivity index (χ3n) is 3.64. The average molecular weight is 266 g/mol. The summed E-state index contributed by atoms with van der Waals surface area (Å²) < 4.78 is 0. The molecule has 18 heavy (non-hydrogen) atoms. The monoisotopic (exact) mass is 266 g/mol. The van der Waals surface area contributed by atoms with Crippen LogP contribution in [0.15, 0.2) is 17.5 Å². The minimum atomic E-state index is 0.0810. The Labute approximate surface area is 113 Å². The average Bonchev–Trinajstić information content (AvgIpc) is 2.80. The van der Waals surface area contributed by atoms with Crippen molar-refractivity contribution < 1.29 is 4.79 Å². The van der Waals surface area contributed by atoms with Gasteiger partial charge < -0.3 is 4.90 Å². The summed E-state index contributed by atoms with van der Waals surface area (Å²) in [5.41, 5.74) is 0. The van der Waals surface area contributed by atoms with Gasteiger partial charge in [-0.05, 0) is 51.5 Å². The minimum Gasteiger partial charge on any atom is -0.304 e. The topological polar surface area (TPSA) is 23.6 Å². The highest BCUT2D eigenvalue weighted by Gasteiger charge is 2.26. The van der Waals surface area contributed by atoms with Crippen molar-refractivity contribution in [3.8, 4) is 0 Å². The highest BCUT2D eigenvalue weighted by Crippen LogP contribution is 2.14. The van der Waals surface area contributed by atoms with Crippen LogP contribution in [0.4, 0.5) is 0 Å². The quantitative estimate of drug-likeness (QED) is 0.831. The number of hydrogen-bond acceptors (Lipinski definition) is 4. The van der Waals surface area contributed by atoms with E-state index in [1.54, 1.807) is 11.3 Å². The van der Waals surface area contributed by atoms with Gasteiger partial charge in [-0.15, -0.1) is 11.3 Å². The van der Waals surface area contributed by atoms with Gasteiger partial charge in [0.2, 0.25) is 0 Å². The number of aryl methyl sites for hydroxylation is 1. The van der Waals surface area contributed by atoms with E-state index >= 15 is 0 Å². The summed E-state index contributed by atoms with van der Waals surface area (Å²) >= 11 is 1.74. The first-order valence-corrected chi connectivity index (χ1v) is 7.48. The van der Waals surface area contributed by atoms with Gasteiger partial charge in [0.25, 0.3) is 0 Å². The number of ketones is 1. The number of rotatable bonds is 4. The molecule has 0 aliphatic carbocycles. The smallest absolute Gasteiger partial charge is 0.151 e. The largest absolute Gasteiger partial charge is 0.304 e. The Morgan fingerprint density at radius 2 is 2.28 bits per heavy atom. The molecule has 0 N–H and O–H groups in total. The van der Waals surface area contributed by atoms with E-state index in [-0.39, 0.29) is 6.04 Å². The molecule has 1 aliphatic heterocycles. The van der Waals surface area contributed by atoms with E-state index in [9.17, 15) is 4.79 Å². The van der Waals surface area contributed by atoms with E-state index in [0.717, 1.165) is 32.5 Å². The second kappa shape index (κ2) is 6.45. The zero-order valence-electron chi connectivity index (χ0n) is 11.3. The number of carbonyl (C=O) groups is 1. The van der Waals surface area contributed by atoms with Crippen LogP contribution in [0.25, 0.3) is 0 Å². The molecule has 2 heterocycles. The van der Waals surface area contributed by atoms with Crippen LogP contribution >= 0.6 is 11.3 Å². The Morgan fingerprint density at radius 1 is 1.44 bits per heavy atom. The molecule has 2 rings (SSSR count). The molecule has 0 saturated carbocycles. The zero-order valence-corrected chi connectivity index (χ0v) is 12.1. The van der Waals surface area contributed by atoms with Crippen LogP contribution in [-0.4, -0.2) is 55.4 Å². The predicted octanol–water partition coefficient (Wildman–Crippen LogP) is 1.89. The summed E-state index contributed by atoms with van der Waals surface area (Å²) in [5.74, 6) is 0.389. The minimum absolute atomic E-state index is 0.0810. The first-order valence-electron chi connectivity index (χ1n) is 6.60. The Hall–Kier alpha value is -0.710. The van der Waals surface area contributed by atoms with Gasteiger partial charge in [-0.2, -0.15) is 0 Å². The second-order valence-corrected chi connectivity index (χ2v) is 6.19. The lowest BCUT2D eigenvalue weighted by Gasteiger charge is -2.26. The molecule has 1 aromatic rings. The summed E-state index contributed by atoms with van der Waals surface area (Å²) in [4.78, 5) is 18.1. The lowest BCUT2D eigenvalue weighted by atomic mass is 10.1. The summed E-state index contributed by atoms with van der Waals surface area (Å²) in [5, 5.41) is 2.07. The van der Waals surface area contributed by atoms with Gasteiger partial charge in [-0.3, -0.25) is 9.69 Å². The molecular weight excluding hydrogens is 244 g/mol. The lowest BCUT2D eigenvalue weighted by molar-refractivity contribution is -0.124. The van der Waals surface area contributed by atoms with Crippen molar-refractivity contribution in [2.75, 3.05) is 33.7 Å². The molecule has 1 saturated heterocycles. The van der Waals surface area contributed by atoms with Crippen LogP contribution in [0.1, 0.15) is 17.7 Å². The lowest BCUT2D eigenvalue weighted by Crippen LogP contribution is -2.43. The standard InChI is InChI=1S/C14H22N2OS/c1-15-8-4-9-16(2)13(11-15)14(17)7-6-12-5-3-10-18-12/h3,5,10,13H,4,6-9,11H2,1-2H3. The molecule has 0 bridgehead atoms. The predicted molar refractivity (Wildman–Crippen MR) is 76.2 cm³/mol. The van der Waals surface area contributed by atoms with Gasteiger partial charge in [0, 0.05) is 17.8 Å². The Bertz CT molecular complexity index is 377. The van der Waals surface area contributed by atoms with E-state index in [1.165, 1.54) is 4.88 Å². The summed E-state index contributed by atoms with van der Waals surface area (Å²) in [6.45, 7) is 3.00. The van der Waals surface area contributed by atoms with Crippen molar-refractivity contribution in [3.63, 3.8) is 0 Å². The zero-order chi connectivity index (χ0) is 13.0. The molecule has 3 nitrogen and oxygen atoms in total. The highest BCUT2D eigenvalue weighted by molar-refractivity contribution is 7.09. The van der Waals surface area contributed by atoms with Crippen LogP contribution < -0.4 is 0 Å². The van der Waals surface area contributed by atoms with Crippen LogP contribution in [0.2, 0.25) is 0 Å². The van der Waals surface area contributed by atoms with Crippen LogP contribution in [0.3, 0.4) is 0 Å². The van der Waals surface area contributed by atoms with E-state index in [2.05, 4.69) is 41.4 Å². The van der Waals surface area contributed by atoms with Crippen LogP contribution in [0, 0.1) is 0 Å². The molecule has 0 spiro atoms. The third-order valence-corrected chi connectivity index (χ3v) is 4.57. The normalized spacial score (nSPS) is 22.9. The number of carbonyl (C=O) groups excluding carboxylic acids is 1. The fourth-order valence-electron chi connectivity index (χ4n) is 2.49. The number of thiophene rings is 1. The maximum atomic E-state index is 12.3. The molecule has 0 amide bonds. The molecule has 1 fully saturated rings. The number of Topliss-reactive ketones (excluding diaryl/α,β-unsaturated/α-hetero) is 1. The van der Waals surface area contributed by atoms with Crippen LogP contribution in [-0.2, 0) is 11.2 Å². The van der Waals surface area contributed by atoms with E-state index < -0.39 is 0 Å². The maximum absolute atomic E-state index is 12.3.